The number of benzene rings is 1. The Labute approximate surface area is 120 Å². The van der Waals surface area contributed by atoms with Crippen LogP contribution in [0.15, 0.2) is 30.3 Å². The molecule has 0 radical (unpaired) electrons. The van der Waals surface area contributed by atoms with Crippen LogP contribution in [0.25, 0.3) is 0 Å². The molecular weight excluding hydrogens is 264 g/mol. The minimum absolute atomic E-state index is 0. The minimum Gasteiger partial charge on any atom is -0.399 e. The largest absolute Gasteiger partial charge is 0.399 e. The maximum atomic E-state index is 7.15. The van der Waals surface area contributed by atoms with E-state index < -0.39 is 0 Å². The lowest BCUT2D eigenvalue weighted by atomic mass is 10.3. The fourth-order valence-electron chi connectivity index (χ4n) is 1.02. The van der Waals surface area contributed by atoms with Gasteiger partial charge in [0.2, 0.25) is 0 Å². The molecule has 0 saturated carbocycles. The van der Waals surface area contributed by atoms with E-state index in [1.807, 2.05) is 30.3 Å². The van der Waals surface area contributed by atoms with Crippen molar-refractivity contribution in [2.75, 3.05) is 12.3 Å². The van der Waals surface area contributed by atoms with Gasteiger partial charge in [0.25, 0.3) is 0 Å². The van der Waals surface area contributed by atoms with E-state index in [1.165, 1.54) is 0 Å². The van der Waals surface area contributed by atoms with E-state index in [4.69, 9.17) is 22.3 Å². The van der Waals surface area contributed by atoms with Gasteiger partial charge in [-0.25, -0.2) is 0 Å². The summed E-state index contributed by atoms with van der Waals surface area (Å²) in [6, 6.07) is 9.49. The van der Waals surface area contributed by atoms with E-state index in [2.05, 4.69) is 17.6 Å². The molecule has 0 bridgehead atoms. The predicted molar refractivity (Wildman–Crippen MR) is 83.8 cm³/mol. The number of unbranched alkanes of at least 4 members (excludes halogenated alkanes) is 1. The molecule has 0 atom stereocenters. The Bertz CT molecular complexity index is 354. The van der Waals surface area contributed by atoms with Gasteiger partial charge in [-0.1, -0.05) is 31.5 Å². The van der Waals surface area contributed by atoms with Gasteiger partial charge in [-0.15, -0.1) is 12.4 Å². The van der Waals surface area contributed by atoms with Gasteiger partial charge in [0, 0.05) is 12.2 Å². The van der Waals surface area contributed by atoms with Crippen LogP contribution in [-0.4, -0.2) is 18.5 Å². The van der Waals surface area contributed by atoms with Crippen molar-refractivity contribution in [1.82, 2.24) is 10.6 Å². The molecule has 0 aromatic heterocycles. The molecule has 1 aromatic carbocycles. The molecule has 19 heavy (non-hydrogen) atoms. The Kier molecular flexibility index (Phi) is 12.8. The molecule has 0 aliphatic rings. The average molecular weight is 287 g/mol. The zero-order valence-electron chi connectivity index (χ0n) is 11.1. The van der Waals surface area contributed by atoms with Gasteiger partial charge < -0.3 is 16.8 Å². The molecule has 0 amide bonds. The number of para-hydroxylation sites is 1. The van der Waals surface area contributed by atoms with E-state index in [0.29, 0.717) is 0 Å². The van der Waals surface area contributed by atoms with Crippen LogP contribution in [0.3, 0.4) is 0 Å². The second-order valence-electron chi connectivity index (χ2n) is 3.60. The second-order valence-corrected chi connectivity index (χ2v) is 3.60. The normalized spacial score (nSPS) is 8.26. The van der Waals surface area contributed by atoms with E-state index in [0.717, 1.165) is 25.1 Å². The summed E-state index contributed by atoms with van der Waals surface area (Å²) in [5, 5.41) is 19.0. The first kappa shape index (κ1) is 19.4. The Morgan fingerprint density at radius 3 is 2.16 bits per heavy atom. The number of anilines is 1. The molecule has 0 aliphatic carbocycles. The molecule has 0 heterocycles. The molecule has 0 spiro atoms. The van der Waals surface area contributed by atoms with Gasteiger partial charge in [-0.05, 0) is 18.6 Å². The lowest BCUT2D eigenvalue weighted by Gasteiger charge is -2.06. The summed E-state index contributed by atoms with van der Waals surface area (Å²) >= 11 is 0. The first-order valence-corrected chi connectivity index (χ1v) is 5.80. The molecule has 7 heteroatoms. The standard InChI is InChI=1S/C6H15N5.C6H7N.ClH/c1-2-3-4-10-6(9)11-5(7)8;7-6-4-2-1-3-5-6;/h2-4H2,1H3,(H6,7,8,9,10,11);1-5H,7H2;1H. The molecule has 0 saturated heterocycles. The van der Waals surface area contributed by atoms with Crippen LogP contribution in [0.4, 0.5) is 5.69 Å². The summed E-state index contributed by atoms with van der Waals surface area (Å²) in [6.45, 7) is 2.82. The molecule has 1 rings (SSSR count). The van der Waals surface area contributed by atoms with Crippen molar-refractivity contribution in [3.8, 4) is 0 Å². The number of hydrogen-bond donors (Lipinski definition) is 6. The number of nitrogens with one attached hydrogen (secondary N) is 4. The van der Waals surface area contributed by atoms with Crippen LogP contribution in [0, 0.1) is 10.8 Å². The van der Waals surface area contributed by atoms with Gasteiger partial charge >= 0.3 is 0 Å². The Morgan fingerprint density at radius 1 is 1.21 bits per heavy atom. The number of halogens is 1. The summed E-state index contributed by atoms with van der Waals surface area (Å²) < 4.78 is 0. The summed E-state index contributed by atoms with van der Waals surface area (Å²) in [4.78, 5) is 0. The number of hydrogen-bond acceptors (Lipinski definition) is 3. The van der Waals surface area contributed by atoms with Crippen molar-refractivity contribution < 1.29 is 0 Å². The lowest BCUT2D eigenvalue weighted by molar-refractivity contribution is 0.744. The van der Waals surface area contributed by atoms with Gasteiger partial charge in [0.1, 0.15) is 0 Å². The molecule has 108 valence electrons. The monoisotopic (exact) mass is 286 g/mol. The third-order valence-corrected chi connectivity index (χ3v) is 1.89. The van der Waals surface area contributed by atoms with Crippen LogP contribution in [-0.2, 0) is 0 Å². The fraction of sp³-hybridized carbons (Fsp3) is 0.333. The molecule has 1 aromatic rings. The Morgan fingerprint density at radius 2 is 1.79 bits per heavy atom. The summed E-state index contributed by atoms with van der Waals surface area (Å²) in [7, 11) is 0. The molecule has 0 fully saturated rings. The van der Waals surface area contributed by atoms with Gasteiger partial charge in [-0.3, -0.25) is 16.1 Å². The van der Waals surface area contributed by atoms with Gasteiger partial charge in [0.15, 0.2) is 11.9 Å². The van der Waals surface area contributed by atoms with Gasteiger partial charge in [-0.2, -0.15) is 0 Å². The van der Waals surface area contributed by atoms with Crippen molar-refractivity contribution in [2.24, 2.45) is 5.73 Å². The number of nitrogen functional groups attached to an aromatic ring is 1. The highest BCUT2D eigenvalue weighted by Crippen LogP contribution is 1.95. The summed E-state index contributed by atoms with van der Waals surface area (Å²) in [6.07, 6.45) is 2.10. The van der Waals surface area contributed by atoms with Crippen LogP contribution >= 0.6 is 12.4 Å². The van der Waals surface area contributed by atoms with Crippen molar-refractivity contribution in [2.45, 2.75) is 19.8 Å². The first-order chi connectivity index (χ1) is 8.56. The molecule has 0 aliphatic heterocycles. The molecule has 6 nitrogen and oxygen atoms in total. The van der Waals surface area contributed by atoms with Crippen molar-refractivity contribution in [1.29, 1.82) is 10.8 Å². The smallest absolute Gasteiger partial charge is 0.195 e. The Balaban J connectivity index is 0. The van der Waals surface area contributed by atoms with Crippen LogP contribution in [0.1, 0.15) is 19.8 Å². The lowest BCUT2D eigenvalue weighted by Crippen LogP contribution is -2.43. The third kappa shape index (κ3) is 14.0. The van der Waals surface area contributed by atoms with Crippen LogP contribution < -0.4 is 22.1 Å². The van der Waals surface area contributed by atoms with Crippen molar-refractivity contribution in [3.05, 3.63) is 30.3 Å². The predicted octanol–water partition coefficient (Wildman–Crippen LogP) is 1.48. The molecule has 8 N–H and O–H groups in total. The molecular formula is C12H23ClN6. The minimum atomic E-state index is -0.209. The summed E-state index contributed by atoms with van der Waals surface area (Å²) in [5.74, 6) is -0.120. The van der Waals surface area contributed by atoms with E-state index in [1.54, 1.807) is 0 Å². The number of rotatable bonds is 3. The SMILES string of the molecule is CCCCNC(=N)NC(=N)N.Cl.Nc1ccccc1. The van der Waals surface area contributed by atoms with Crippen molar-refractivity contribution >= 4 is 30.0 Å². The summed E-state index contributed by atoms with van der Waals surface area (Å²) in [5.41, 5.74) is 11.2. The van der Waals surface area contributed by atoms with E-state index >= 15 is 0 Å². The molecule has 0 unspecified atom stereocenters. The topological polar surface area (TPSA) is 124 Å². The highest BCUT2D eigenvalue weighted by molar-refractivity contribution is 5.94. The van der Waals surface area contributed by atoms with Crippen molar-refractivity contribution in [3.63, 3.8) is 0 Å². The highest BCUT2D eigenvalue weighted by atomic mass is 35.5. The van der Waals surface area contributed by atoms with Gasteiger partial charge in [0.05, 0.1) is 0 Å². The zero-order valence-corrected chi connectivity index (χ0v) is 11.9. The Hall–Kier alpha value is -1.95. The quantitative estimate of drug-likeness (QED) is 0.218. The third-order valence-electron chi connectivity index (χ3n) is 1.89. The number of guanidine groups is 2. The fourth-order valence-corrected chi connectivity index (χ4v) is 1.02. The van der Waals surface area contributed by atoms with Crippen LogP contribution in [0.5, 0.6) is 0 Å². The maximum Gasteiger partial charge on any atom is 0.195 e. The number of nitrogens with two attached hydrogens (primary N) is 2. The maximum absolute atomic E-state index is 7.15. The second kappa shape index (κ2) is 12.5. The highest BCUT2D eigenvalue weighted by Gasteiger charge is 1.93. The van der Waals surface area contributed by atoms with Crippen LogP contribution in [0.2, 0.25) is 0 Å². The van der Waals surface area contributed by atoms with E-state index in [9.17, 15) is 0 Å². The van der Waals surface area contributed by atoms with E-state index in [-0.39, 0.29) is 24.3 Å². The average Bonchev–Trinajstić information content (AvgIpc) is 2.30. The first-order valence-electron chi connectivity index (χ1n) is 5.80. The zero-order chi connectivity index (χ0) is 13.8.